The van der Waals surface area contributed by atoms with Crippen molar-refractivity contribution in [3.05, 3.63) is 132 Å². The van der Waals surface area contributed by atoms with Crippen LogP contribution in [0.25, 0.3) is 66.5 Å². The molecule has 8 aromatic rings. The van der Waals surface area contributed by atoms with E-state index >= 15 is 0 Å². The van der Waals surface area contributed by atoms with Gasteiger partial charge in [0.05, 0.1) is 69.8 Å². The minimum atomic E-state index is 0.308. The molecule has 0 aliphatic carbocycles. The zero-order valence-corrected chi connectivity index (χ0v) is 36.8. The average molecular weight is 847 g/mol. The predicted molar refractivity (Wildman–Crippen MR) is 256 cm³/mol. The van der Waals surface area contributed by atoms with Crippen molar-refractivity contribution in [1.29, 1.82) is 10.5 Å². The molecule has 0 fully saturated rings. The van der Waals surface area contributed by atoms with Gasteiger partial charge in [0.1, 0.15) is 46.2 Å². The fourth-order valence-electron chi connectivity index (χ4n) is 8.28. The Morgan fingerprint density at radius 2 is 0.859 bits per heavy atom. The standard InChI is InChI=1S/C54H54N8O2/c1-3-5-7-9-11-17-31-63-39-27-23-37(24-28-39)51-49-50(54(61-51)42(34-56)48-36-58-44-20-14-16-22-46(44)60-48)52(38-25-29-40(30-26-38)64-32-18-12-10-8-6-4-2)62-53(49)41(33-55)47-35-57-43-19-13-15-21-45(43)59-47/h13-16,19-30,35-36,61-62H,3-12,17-18,31-32H2,1-2H3/b53-41-,54-42-. The molecule has 0 aliphatic heterocycles. The maximum absolute atomic E-state index is 11.1. The largest absolute Gasteiger partial charge is 0.494 e. The molecular weight excluding hydrogens is 793 g/mol. The SMILES string of the molecule is CCCCCCCCOc1ccc(-c2[nH]/c(=C(/C#N)c3cnc4ccccc4n3)c3c(-c4ccc(OCCCCCCCC)cc4)[nH]/c(=C(/C#N)c4cnc5ccccc5n4)c23)cc1. The van der Waals surface area contributed by atoms with Crippen molar-refractivity contribution >= 4 is 44.0 Å². The number of aromatic nitrogens is 6. The Bertz CT molecular complexity index is 2850. The number of rotatable bonds is 20. The topological polar surface area (TPSA) is 149 Å². The summed E-state index contributed by atoms with van der Waals surface area (Å²) in [5.41, 5.74) is 7.39. The molecule has 10 nitrogen and oxygen atoms in total. The van der Waals surface area contributed by atoms with Crippen LogP contribution in [0.15, 0.2) is 109 Å². The third kappa shape index (κ3) is 9.83. The number of H-pyrrole nitrogens is 2. The third-order valence-electron chi connectivity index (χ3n) is 11.7. The summed E-state index contributed by atoms with van der Waals surface area (Å²) in [6.07, 6.45) is 17.5. The summed E-state index contributed by atoms with van der Waals surface area (Å²) < 4.78 is 12.4. The van der Waals surface area contributed by atoms with Crippen molar-refractivity contribution in [2.24, 2.45) is 0 Å². The number of para-hydroxylation sites is 4. The molecular formula is C54H54N8O2. The van der Waals surface area contributed by atoms with Gasteiger partial charge in [0, 0.05) is 10.8 Å². The van der Waals surface area contributed by atoms with Crippen LogP contribution < -0.4 is 20.2 Å². The second kappa shape index (κ2) is 21.2. The quantitative estimate of drug-likeness (QED) is 0.0720. The fraction of sp³-hybridized carbons (Fsp3) is 0.296. The summed E-state index contributed by atoms with van der Waals surface area (Å²) in [6, 6.07) is 36.2. The highest BCUT2D eigenvalue weighted by Crippen LogP contribution is 2.33. The Kier molecular flexibility index (Phi) is 14.3. The van der Waals surface area contributed by atoms with E-state index < -0.39 is 0 Å². The zero-order chi connectivity index (χ0) is 44.1. The molecule has 0 saturated heterocycles. The summed E-state index contributed by atoms with van der Waals surface area (Å²) in [7, 11) is 0. The Labute approximate surface area is 374 Å². The molecule has 2 N–H and O–H groups in total. The van der Waals surface area contributed by atoms with Crippen molar-refractivity contribution in [3.63, 3.8) is 0 Å². The average Bonchev–Trinajstić information content (AvgIpc) is 3.91. The van der Waals surface area contributed by atoms with Crippen molar-refractivity contribution in [2.75, 3.05) is 13.2 Å². The first-order chi connectivity index (χ1) is 31.6. The van der Waals surface area contributed by atoms with Crippen LogP contribution in [-0.2, 0) is 0 Å². The van der Waals surface area contributed by atoms with E-state index in [-0.39, 0.29) is 0 Å². The van der Waals surface area contributed by atoms with Crippen LogP contribution >= 0.6 is 0 Å². The number of unbranched alkanes of at least 4 members (excludes halogenated alkanes) is 10. The summed E-state index contributed by atoms with van der Waals surface area (Å²) in [5, 5.41) is 24.6. The maximum atomic E-state index is 11.1. The molecule has 4 aromatic heterocycles. The number of hydrogen-bond acceptors (Lipinski definition) is 8. The summed E-state index contributed by atoms with van der Waals surface area (Å²) >= 11 is 0. The number of nitriles is 2. The van der Waals surface area contributed by atoms with Gasteiger partial charge in [-0.05, 0) is 96.8 Å². The molecule has 0 unspecified atom stereocenters. The minimum Gasteiger partial charge on any atom is -0.494 e. The summed E-state index contributed by atoms with van der Waals surface area (Å²) in [5.74, 6) is 1.56. The number of benzene rings is 4. The van der Waals surface area contributed by atoms with E-state index in [1.165, 1.54) is 51.4 Å². The van der Waals surface area contributed by atoms with E-state index in [0.717, 1.165) is 70.1 Å². The number of aromatic amines is 2. The van der Waals surface area contributed by atoms with Gasteiger partial charge in [-0.3, -0.25) is 9.97 Å². The Hall–Kier alpha value is -7.30. The van der Waals surface area contributed by atoms with Crippen LogP contribution in [0.2, 0.25) is 0 Å². The number of fused-ring (bicyclic) bond motifs is 3. The fourth-order valence-corrected chi connectivity index (χ4v) is 8.28. The molecule has 0 saturated carbocycles. The van der Waals surface area contributed by atoms with Gasteiger partial charge in [-0.25, -0.2) is 9.97 Å². The molecule has 322 valence electrons. The molecule has 0 radical (unpaired) electrons. The van der Waals surface area contributed by atoms with E-state index in [2.05, 4.69) is 45.9 Å². The van der Waals surface area contributed by atoms with Gasteiger partial charge >= 0.3 is 0 Å². The molecule has 0 amide bonds. The van der Waals surface area contributed by atoms with Gasteiger partial charge in [-0.1, -0.05) is 102 Å². The lowest BCUT2D eigenvalue weighted by molar-refractivity contribution is 0.304. The van der Waals surface area contributed by atoms with Crippen LogP contribution in [0.4, 0.5) is 0 Å². The molecule has 4 aromatic carbocycles. The minimum absolute atomic E-state index is 0.308. The predicted octanol–water partition coefficient (Wildman–Crippen LogP) is 11.6. The van der Waals surface area contributed by atoms with Gasteiger partial charge in [0.2, 0.25) is 0 Å². The van der Waals surface area contributed by atoms with Gasteiger partial charge in [-0.15, -0.1) is 0 Å². The highest BCUT2D eigenvalue weighted by molar-refractivity contribution is 6.07. The number of nitrogens with zero attached hydrogens (tertiary/aromatic N) is 6. The van der Waals surface area contributed by atoms with Gasteiger partial charge in [0.25, 0.3) is 0 Å². The second-order valence-electron chi connectivity index (χ2n) is 16.2. The van der Waals surface area contributed by atoms with Crippen molar-refractivity contribution < 1.29 is 9.47 Å². The first-order valence-corrected chi connectivity index (χ1v) is 22.8. The van der Waals surface area contributed by atoms with Crippen LogP contribution in [0, 0.1) is 22.7 Å². The van der Waals surface area contributed by atoms with E-state index in [4.69, 9.17) is 19.4 Å². The van der Waals surface area contributed by atoms with Gasteiger partial charge < -0.3 is 19.4 Å². The first kappa shape index (κ1) is 43.4. The number of ether oxygens (including phenoxy) is 2. The van der Waals surface area contributed by atoms with Crippen molar-refractivity contribution in [1.82, 2.24) is 29.9 Å². The van der Waals surface area contributed by atoms with Crippen LogP contribution in [0.3, 0.4) is 0 Å². The zero-order valence-electron chi connectivity index (χ0n) is 36.8. The Morgan fingerprint density at radius 3 is 1.25 bits per heavy atom. The Morgan fingerprint density at radius 1 is 0.484 bits per heavy atom. The van der Waals surface area contributed by atoms with Crippen LogP contribution in [-0.4, -0.2) is 43.1 Å². The number of nitrogens with one attached hydrogen (secondary N) is 2. The van der Waals surface area contributed by atoms with Crippen LogP contribution in [0.1, 0.15) is 102 Å². The Balaban J connectivity index is 1.30. The number of hydrogen-bond donors (Lipinski definition) is 2. The molecule has 8 rings (SSSR count). The van der Waals surface area contributed by atoms with Gasteiger partial charge in [0.15, 0.2) is 0 Å². The maximum Gasteiger partial charge on any atom is 0.119 e. The van der Waals surface area contributed by atoms with Crippen molar-refractivity contribution in [3.8, 4) is 46.2 Å². The molecule has 0 spiro atoms. The van der Waals surface area contributed by atoms with E-state index in [0.29, 0.717) is 68.9 Å². The molecule has 0 bridgehead atoms. The van der Waals surface area contributed by atoms with Gasteiger partial charge in [-0.2, -0.15) is 10.5 Å². The van der Waals surface area contributed by atoms with Crippen molar-refractivity contribution in [2.45, 2.75) is 90.9 Å². The summed E-state index contributed by atoms with van der Waals surface area (Å²) in [6.45, 7) is 5.76. The monoisotopic (exact) mass is 846 g/mol. The summed E-state index contributed by atoms with van der Waals surface area (Å²) in [4.78, 5) is 26.6. The van der Waals surface area contributed by atoms with E-state index in [1.54, 1.807) is 12.4 Å². The lowest BCUT2D eigenvalue weighted by Crippen LogP contribution is -2.12. The lowest BCUT2D eigenvalue weighted by atomic mass is 10.0. The van der Waals surface area contributed by atoms with Crippen LogP contribution in [0.5, 0.6) is 11.5 Å². The molecule has 0 atom stereocenters. The first-order valence-electron chi connectivity index (χ1n) is 22.8. The highest BCUT2D eigenvalue weighted by Gasteiger charge is 2.23. The molecule has 10 heteroatoms. The highest BCUT2D eigenvalue weighted by atomic mass is 16.5. The van der Waals surface area contributed by atoms with E-state index in [9.17, 15) is 10.5 Å². The van der Waals surface area contributed by atoms with E-state index in [1.807, 2.05) is 97.1 Å². The smallest absolute Gasteiger partial charge is 0.119 e. The molecule has 0 aliphatic rings. The normalized spacial score (nSPS) is 12.3. The third-order valence-corrected chi connectivity index (χ3v) is 11.7. The molecule has 64 heavy (non-hydrogen) atoms. The lowest BCUT2D eigenvalue weighted by Gasteiger charge is -2.08. The second-order valence-corrected chi connectivity index (χ2v) is 16.2. The molecule has 4 heterocycles.